The van der Waals surface area contributed by atoms with Crippen molar-refractivity contribution in [3.63, 3.8) is 0 Å². The molecular weight excluding hydrogens is 1290 g/mol. The zero-order chi connectivity index (χ0) is 69.3. The van der Waals surface area contributed by atoms with E-state index in [1.807, 2.05) is 46.4 Å². The summed E-state index contributed by atoms with van der Waals surface area (Å²) in [5.74, 6) is -5.74. The number of urea groups is 1. The Labute approximate surface area is 553 Å². The minimum absolute atomic E-state index is 0.0229. The summed E-state index contributed by atoms with van der Waals surface area (Å²) in [4.78, 5) is 92.9. The third kappa shape index (κ3) is 29.9. The molecule has 92 heavy (non-hydrogen) atoms. The minimum atomic E-state index is -4.37. The number of fused-ring (bicyclic) bond motifs is 1. The first-order valence-corrected chi connectivity index (χ1v) is 39.9. The van der Waals surface area contributed by atoms with Crippen LogP contribution in [-0.4, -0.2) is 216 Å². The lowest BCUT2D eigenvalue weighted by Crippen LogP contribution is -2.55. The average molecular weight is 1400 g/mol. The summed E-state index contributed by atoms with van der Waals surface area (Å²) in [7, 11) is -16.6. The van der Waals surface area contributed by atoms with Crippen LogP contribution in [0.3, 0.4) is 0 Å². The Bertz CT molecular complexity index is 3020. The van der Waals surface area contributed by atoms with Gasteiger partial charge in [0.1, 0.15) is 6.04 Å². The molecule has 2 aliphatic rings. The normalized spacial score (nSPS) is 18.0. The van der Waals surface area contributed by atoms with Gasteiger partial charge in [0.2, 0.25) is 75.5 Å². The summed E-state index contributed by atoms with van der Waals surface area (Å²) in [5, 5.41) is 20.1. The molecule has 2 aliphatic heterocycles. The molecule has 1 aromatic rings. The highest BCUT2D eigenvalue weighted by molar-refractivity contribution is 8.00. The molecule has 2 fully saturated rings. The van der Waals surface area contributed by atoms with Crippen molar-refractivity contribution in [3.8, 4) is 0 Å². The van der Waals surface area contributed by atoms with Crippen molar-refractivity contribution in [2.24, 2.45) is 35.3 Å². The van der Waals surface area contributed by atoms with Crippen LogP contribution in [0.5, 0.6) is 0 Å². The first-order chi connectivity index (χ1) is 42.8. The number of hydrogen-bond acceptors (Lipinski definition) is 16. The van der Waals surface area contributed by atoms with Crippen LogP contribution in [0.4, 0.5) is 4.79 Å². The number of nitrogens with zero attached hydrogens (tertiary/aromatic N) is 4. The van der Waals surface area contributed by atoms with E-state index in [-0.39, 0.29) is 85.8 Å². The molecule has 3 rings (SSSR count). The molecule has 0 aromatic heterocycles. The van der Waals surface area contributed by atoms with E-state index in [1.165, 1.54) is 0 Å². The van der Waals surface area contributed by atoms with Crippen molar-refractivity contribution in [1.29, 1.82) is 0 Å². The molecule has 2 heterocycles. The highest BCUT2D eigenvalue weighted by Crippen LogP contribution is 2.33. The number of amides is 8. The average Bonchev–Trinajstić information content (AvgIpc) is 2.09. The number of hydrogen-bond donors (Lipinski definition) is 8. The Morgan fingerprint density at radius 2 is 1.12 bits per heavy atom. The highest BCUT2D eigenvalue weighted by Gasteiger charge is 2.43. The molecule has 9 N–H and O–H groups in total. The summed E-state index contributed by atoms with van der Waals surface area (Å²) in [6.07, 6.45) is 5.29. The number of rotatable bonds is 46. The van der Waals surface area contributed by atoms with Crippen molar-refractivity contribution in [2.75, 3.05) is 82.4 Å². The molecule has 2 unspecified atom stereocenters. The Morgan fingerprint density at radius 1 is 0.609 bits per heavy atom. The van der Waals surface area contributed by atoms with Crippen molar-refractivity contribution >= 4 is 93.3 Å². The van der Waals surface area contributed by atoms with Gasteiger partial charge in [0.25, 0.3) is 0 Å². The van der Waals surface area contributed by atoms with Crippen LogP contribution in [0.1, 0.15) is 146 Å². The molecule has 8 atom stereocenters. The molecule has 2 saturated heterocycles. The molecular formula is C60H108N12O15S5. The molecule has 8 amide bonds. The van der Waals surface area contributed by atoms with Gasteiger partial charge in [0.05, 0.1) is 61.8 Å². The number of thioether (sulfide) groups is 1. The van der Waals surface area contributed by atoms with E-state index in [1.54, 1.807) is 71.9 Å². The van der Waals surface area contributed by atoms with Gasteiger partial charge in [-0.1, -0.05) is 119 Å². The maximum atomic E-state index is 14.4. The summed E-state index contributed by atoms with van der Waals surface area (Å²) in [6.45, 7) is 15.6. The Kier molecular flexibility index (Phi) is 34.3. The molecule has 27 nitrogen and oxygen atoms in total. The predicted octanol–water partition coefficient (Wildman–Crippen LogP) is 2.25. The van der Waals surface area contributed by atoms with Crippen LogP contribution in [0.2, 0.25) is 0 Å². The summed E-state index contributed by atoms with van der Waals surface area (Å²) in [6, 6.07) is 4.23. The Balaban J connectivity index is 1.80. The first kappa shape index (κ1) is 81.5. The number of likely N-dealkylation sites (N-methyl/N-ethyl adjacent to an activating group) is 1. The second-order valence-corrected chi connectivity index (χ2v) is 35.5. The molecule has 0 bridgehead atoms. The van der Waals surface area contributed by atoms with Gasteiger partial charge < -0.3 is 43.0 Å². The molecule has 0 saturated carbocycles. The maximum absolute atomic E-state index is 14.4. The number of carbonyl (C=O) groups is 7. The second-order valence-electron chi connectivity index (χ2n) is 26.2. The number of sulfonamides is 4. The van der Waals surface area contributed by atoms with Gasteiger partial charge in [-0.15, -0.1) is 0 Å². The number of nitrogens with two attached hydrogens (primary N) is 1. The van der Waals surface area contributed by atoms with Crippen LogP contribution >= 0.6 is 11.8 Å². The minimum Gasteiger partial charge on any atom is -0.368 e. The molecule has 0 spiro atoms. The summed E-state index contributed by atoms with van der Waals surface area (Å²) < 4.78 is 114. The monoisotopic (exact) mass is 1400 g/mol. The Morgan fingerprint density at radius 3 is 1.63 bits per heavy atom. The van der Waals surface area contributed by atoms with E-state index >= 15 is 0 Å². The smallest absolute Gasteiger partial charge is 0.315 e. The third-order valence-electron chi connectivity index (χ3n) is 15.7. The van der Waals surface area contributed by atoms with Crippen LogP contribution in [0.25, 0.3) is 0 Å². The zero-order valence-corrected chi connectivity index (χ0v) is 60.2. The van der Waals surface area contributed by atoms with Crippen molar-refractivity contribution in [1.82, 2.24) is 54.4 Å². The van der Waals surface area contributed by atoms with E-state index < -0.39 is 150 Å². The Hall–Kier alpha value is -4.70. The van der Waals surface area contributed by atoms with Gasteiger partial charge in [0, 0.05) is 68.3 Å². The van der Waals surface area contributed by atoms with Gasteiger partial charge in [-0.2, -0.15) is 29.0 Å². The fourth-order valence-corrected chi connectivity index (χ4v) is 18.5. The lowest BCUT2D eigenvalue weighted by molar-refractivity contribution is -0.127. The number of primary amides is 1. The molecule has 0 radical (unpaired) electrons. The topological polar surface area (TPSA) is 379 Å². The standard InChI is InChI=1S/C60H108N12O15S5/c1-13-45(11)50(66-56(76)33-69(14-2)90(82,83)38-43(7)8)32-70(89(12,80)81)34-54(74)63-47(28-41(3)4)30-71(91(84,85)39-44(9)10)35-55(75)64-48(29-42(5)6)31-72(92(86,87)40-46-22-16-15-17-23-46)36-57(77)65-49(59(61)78)24-20-21-27-62-53(73)26-19-18-25-52-58-51(37-88-52)67-60(79)68-58/h15-17,22-23,41-45,47-52,58H,13-14,18-21,24-40H2,1-12H3,(H2,61,78)(H,62,73)(H,63,74)(H,64,75)(H,65,77)(H,66,76)(H2,67,68,79)/t45?,47-,48-,49-,50+,51-,52?,58-/m0/s1. The van der Waals surface area contributed by atoms with Crippen molar-refractivity contribution in [2.45, 2.75) is 188 Å². The van der Waals surface area contributed by atoms with Gasteiger partial charge in [-0.3, -0.25) is 28.8 Å². The van der Waals surface area contributed by atoms with Gasteiger partial charge in [-0.05, 0) is 80.1 Å². The quantitative estimate of drug-likeness (QED) is 0.0343. The van der Waals surface area contributed by atoms with Gasteiger partial charge in [-0.25, -0.2) is 38.5 Å². The fourth-order valence-electron chi connectivity index (χ4n) is 11.1. The largest absolute Gasteiger partial charge is 0.368 e. The van der Waals surface area contributed by atoms with Crippen LogP contribution in [-0.2, 0) is 74.6 Å². The predicted molar refractivity (Wildman–Crippen MR) is 359 cm³/mol. The SMILES string of the molecule is CCC(C)[C@@H](CN(CC(=O)N[C@@H](CC(C)C)CN(CC(=O)N[C@@H](CC(C)C)CN(CC(=O)N[C@@H](CCCCNC(=O)CCCCC1SC[C@@H]2NC(=O)N[C@H]12)C(N)=O)S(=O)(=O)Cc1ccccc1)S(=O)(=O)CC(C)C)S(C)(=O)=O)NC(=O)CN(CC)S(=O)(=O)CC(C)C. The van der Waals surface area contributed by atoms with Gasteiger partial charge in [0.15, 0.2) is 0 Å². The molecule has 0 aliphatic carbocycles. The van der Waals surface area contributed by atoms with Crippen molar-refractivity contribution < 1.29 is 67.2 Å². The molecule has 1 aromatic carbocycles. The number of carbonyl (C=O) groups excluding carboxylic acids is 7. The lowest BCUT2D eigenvalue weighted by Gasteiger charge is -2.32. The van der Waals surface area contributed by atoms with E-state index in [0.29, 0.717) is 49.5 Å². The van der Waals surface area contributed by atoms with E-state index in [9.17, 15) is 67.2 Å². The number of benzene rings is 1. The second kappa shape index (κ2) is 38.7. The van der Waals surface area contributed by atoms with Gasteiger partial charge >= 0.3 is 6.03 Å². The number of unbranched alkanes of at least 4 members (excludes halogenated alkanes) is 2. The zero-order valence-electron chi connectivity index (χ0n) is 56.1. The fraction of sp³-hybridized carbons (Fsp3) is 0.783. The van der Waals surface area contributed by atoms with Crippen LogP contribution < -0.4 is 43.0 Å². The van der Waals surface area contributed by atoms with E-state index in [0.717, 1.165) is 42.1 Å². The van der Waals surface area contributed by atoms with Crippen LogP contribution in [0.15, 0.2) is 30.3 Å². The molecule has 528 valence electrons. The molecule has 32 heteroatoms. The summed E-state index contributed by atoms with van der Waals surface area (Å²) in [5.41, 5.74) is 6.14. The van der Waals surface area contributed by atoms with Crippen LogP contribution in [0, 0.1) is 29.6 Å². The first-order valence-electron chi connectivity index (χ1n) is 32.2. The van der Waals surface area contributed by atoms with E-state index in [4.69, 9.17) is 5.73 Å². The third-order valence-corrected chi connectivity index (χ3v) is 24.6. The highest BCUT2D eigenvalue weighted by atomic mass is 32.2. The maximum Gasteiger partial charge on any atom is 0.315 e. The summed E-state index contributed by atoms with van der Waals surface area (Å²) >= 11 is 1.81. The van der Waals surface area contributed by atoms with E-state index in [2.05, 4.69) is 37.2 Å². The lowest BCUT2D eigenvalue weighted by atomic mass is 9.99. The van der Waals surface area contributed by atoms with Crippen molar-refractivity contribution in [3.05, 3.63) is 35.9 Å². The number of nitrogens with one attached hydrogen (secondary N) is 7.